The quantitative estimate of drug-likeness (QED) is 0.746. The molecule has 0 aliphatic heterocycles. The highest BCUT2D eigenvalue weighted by Crippen LogP contribution is 2.29. The van der Waals surface area contributed by atoms with Gasteiger partial charge in [0.1, 0.15) is 0 Å². The van der Waals surface area contributed by atoms with Crippen molar-refractivity contribution in [1.82, 2.24) is 10.6 Å². The number of rotatable bonds is 4. The normalized spacial score (nSPS) is 16.4. The lowest BCUT2D eigenvalue weighted by Gasteiger charge is -2.30. The average Bonchev–Trinajstić information content (AvgIpc) is 2.86. The summed E-state index contributed by atoms with van der Waals surface area (Å²) in [5, 5.41) is 10.0. The highest BCUT2D eigenvalue weighted by Gasteiger charge is 2.34. The summed E-state index contributed by atoms with van der Waals surface area (Å²) in [5.74, 6) is 0.0237. The van der Waals surface area contributed by atoms with E-state index in [1.807, 2.05) is 30.3 Å². The van der Waals surface area contributed by atoms with E-state index in [1.54, 1.807) is 6.92 Å². The first-order valence-electron chi connectivity index (χ1n) is 6.98. The lowest BCUT2D eigenvalue weighted by Crippen LogP contribution is -2.53. The fourth-order valence-corrected chi connectivity index (χ4v) is 2.91. The van der Waals surface area contributed by atoms with Crippen molar-refractivity contribution in [3.8, 4) is 0 Å². The Labute approximate surface area is 125 Å². The van der Waals surface area contributed by atoms with Crippen molar-refractivity contribution in [3.63, 3.8) is 0 Å². The van der Waals surface area contributed by atoms with Crippen molar-refractivity contribution in [2.75, 3.05) is 11.9 Å². The first-order valence-corrected chi connectivity index (χ1v) is 7.39. The van der Waals surface area contributed by atoms with Gasteiger partial charge < -0.3 is 16.0 Å². The molecule has 0 radical (unpaired) electrons. The molecule has 1 amide bonds. The molecule has 4 nitrogen and oxygen atoms in total. The van der Waals surface area contributed by atoms with Crippen molar-refractivity contribution in [2.45, 2.75) is 38.1 Å². The fraction of sp³-hybridized carbons (Fsp3) is 0.467. The van der Waals surface area contributed by atoms with Crippen LogP contribution in [0.3, 0.4) is 0 Å². The monoisotopic (exact) mass is 291 g/mol. The van der Waals surface area contributed by atoms with Crippen LogP contribution in [0.5, 0.6) is 0 Å². The van der Waals surface area contributed by atoms with E-state index in [2.05, 4.69) is 16.0 Å². The number of hydrogen-bond acceptors (Lipinski definition) is 2. The highest BCUT2D eigenvalue weighted by atomic mass is 32.1. The second-order valence-corrected chi connectivity index (χ2v) is 5.75. The molecule has 3 N–H and O–H groups in total. The number of carbonyl (C=O) groups is 1. The molecule has 0 atom stereocenters. The van der Waals surface area contributed by atoms with Crippen LogP contribution in [0, 0.1) is 0 Å². The molecule has 0 unspecified atom stereocenters. The number of amides is 1. The molecule has 0 spiro atoms. The topological polar surface area (TPSA) is 53.2 Å². The van der Waals surface area contributed by atoms with Gasteiger partial charge in [0.25, 0.3) is 0 Å². The van der Waals surface area contributed by atoms with E-state index in [-0.39, 0.29) is 11.4 Å². The maximum absolute atomic E-state index is 11.4. The molecule has 0 heterocycles. The maximum Gasteiger partial charge on any atom is 0.217 e. The molecule has 0 saturated heterocycles. The number of thiocarbonyl (C=S) groups is 1. The molecule has 1 aliphatic rings. The average molecular weight is 291 g/mol. The van der Waals surface area contributed by atoms with Crippen LogP contribution >= 0.6 is 12.2 Å². The smallest absolute Gasteiger partial charge is 0.217 e. The summed E-state index contributed by atoms with van der Waals surface area (Å²) in [7, 11) is 0. The molecule has 5 heteroatoms. The van der Waals surface area contributed by atoms with E-state index in [4.69, 9.17) is 12.2 Å². The second kappa shape index (κ2) is 6.70. The molecule has 1 aliphatic carbocycles. The summed E-state index contributed by atoms with van der Waals surface area (Å²) in [5.41, 5.74) is 0.818. The van der Waals surface area contributed by atoms with E-state index >= 15 is 0 Å². The van der Waals surface area contributed by atoms with Gasteiger partial charge in [0.2, 0.25) is 5.91 Å². The Hall–Kier alpha value is -1.62. The minimum atomic E-state index is -0.145. The Morgan fingerprint density at radius 1 is 1.25 bits per heavy atom. The van der Waals surface area contributed by atoms with Crippen molar-refractivity contribution >= 4 is 28.9 Å². The van der Waals surface area contributed by atoms with Gasteiger partial charge in [-0.15, -0.1) is 0 Å². The van der Waals surface area contributed by atoms with Crippen molar-refractivity contribution < 1.29 is 4.79 Å². The number of nitrogens with one attached hydrogen (secondary N) is 3. The molecule has 1 fully saturated rings. The van der Waals surface area contributed by atoms with Crippen LogP contribution in [0.25, 0.3) is 0 Å². The van der Waals surface area contributed by atoms with E-state index in [9.17, 15) is 4.79 Å². The summed E-state index contributed by atoms with van der Waals surface area (Å²) in [6, 6.07) is 9.81. The number of benzene rings is 1. The van der Waals surface area contributed by atoms with Crippen LogP contribution in [0.2, 0.25) is 0 Å². The van der Waals surface area contributed by atoms with E-state index < -0.39 is 0 Å². The minimum Gasteiger partial charge on any atom is -0.360 e. The Kier molecular flexibility index (Phi) is 4.95. The first-order chi connectivity index (χ1) is 9.60. The van der Waals surface area contributed by atoms with Gasteiger partial charge in [-0.2, -0.15) is 0 Å². The van der Waals surface area contributed by atoms with Crippen LogP contribution in [0.4, 0.5) is 5.69 Å². The Morgan fingerprint density at radius 3 is 2.50 bits per heavy atom. The van der Waals surface area contributed by atoms with Gasteiger partial charge in [-0.1, -0.05) is 31.0 Å². The summed E-state index contributed by atoms with van der Waals surface area (Å²) < 4.78 is 0. The van der Waals surface area contributed by atoms with E-state index in [0.717, 1.165) is 31.4 Å². The molecule has 1 aromatic carbocycles. The third-order valence-electron chi connectivity index (χ3n) is 3.62. The largest absolute Gasteiger partial charge is 0.360 e. The highest BCUT2D eigenvalue weighted by molar-refractivity contribution is 7.80. The van der Waals surface area contributed by atoms with Crippen LogP contribution in [-0.4, -0.2) is 23.1 Å². The summed E-state index contributed by atoms with van der Waals surface area (Å²) in [6.45, 7) is 2.24. The lowest BCUT2D eigenvalue weighted by molar-refractivity contribution is -0.120. The fourth-order valence-electron chi connectivity index (χ4n) is 2.72. The Balaban J connectivity index is 1.86. The molecule has 108 valence electrons. The Bertz CT molecular complexity index is 469. The van der Waals surface area contributed by atoms with Crippen molar-refractivity contribution in [1.29, 1.82) is 0 Å². The third-order valence-corrected chi connectivity index (χ3v) is 3.87. The molecule has 1 saturated carbocycles. The summed E-state index contributed by atoms with van der Waals surface area (Å²) in [4.78, 5) is 11.4. The van der Waals surface area contributed by atoms with Crippen LogP contribution in [0.1, 0.15) is 32.6 Å². The second-order valence-electron chi connectivity index (χ2n) is 5.34. The molecule has 20 heavy (non-hydrogen) atoms. The number of para-hydroxylation sites is 1. The maximum atomic E-state index is 11.4. The molecule has 2 rings (SSSR count). The van der Waals surface area contributed by atoms with Gasteiger partial charge in [0.05, 0.1) is 5.54 Å². The zero-order valence-electron chi connectivity index (χ0n) is 11.7. The van der Waals surface area contributed by atoms with Crippen molar-refractivity contribution in [2.24, 2.45) is 0 Å². The van der Waals surface area contributed by atoms with E-state index in [0.29, 0.717) is 11.7 Å². The zero-order chi connectivity index (χ0) is 14.4. The summed E-state index contributed by atoms with van der Waals surface area (Å²) >= 11 is 5.30. The standard InChI is InChI=1S/C15H21N3OS/c1-12(19)18-15(9-5-6-10-15)11-16-14(20)17-13-7-3-2-4-8-13/h2-4,7-8H,5-6,9-11H2,1H3,(H,18,19)(H2,16,17,20). The third kappa shape index (κ3) is 4.20. The molecule has 0 aromatic heterocycles. The Morgan fingerprint density at radius 2 is 1.90 bits per heavy atom. The van der Waals surface area contributed by atoms with Gasteiger partial charge in [0, 0.05) is 19.2 Å². The van der Waals surface area contributed by atoms with E-state index in [1.165, 1.54) is 0 Å². The predicted octanol–water partition coefficient (Wildman–Crippen LogP) is 2.42. The molecule has 0 bridgehead atoms. The summed E-state index contributed by atoms with van der Waals surface area (Å²) in [6.07, 6.45) is 4.32. The lowest BCUT2D eigenvalue weighted by atomic mass is 9.97. The van der Waals surface area contributed by atoms with Crippen LogP contribution in [-0.2, 0) is 4.79 Å². The van der Waals surface area contributed by atoms with Crippen LogP contribution in [0.15, 0.2) is 30.3 Å². The number of hydrogen-bond donors (Lipinski definition) is 3. The van der Waals surface area contributed by atoms with Gasteiger partial charge >= 0.3 is 0 Å². The molecular formula is C15H21N3OS. The van der Waals surface area contributed by atoms with Gasteiger partial charge in [0.15, 0.2) is 5.11 Å². The predicted molar refractivity (Wildman–Crippen MR) is 85.7 cm³/mol. The molecule has 1 aromatic rings. The van der Waals surface area contributed by atoms with Gasteiger partial charge in [-0.25, -0.2) is 0 Å². The van der Waals surface area contributed by atoms with Gasteiger partial charge in [-0.3, -0.25) is 4.79 Å². The first kappa shape index (κ1) is 14.8. The van der Waals surface area contributed by atoms with Crippen molar-refractivity contribution in [3.05, 3.63) is 30.3 Å². The number of anilines is 1. The number of carbonyl (C=O) groups excluding carboxylic acids is 1. The van der Waals surface area contributed by atoms with Crippen LogP contribution < -0.4 is 16.0 Å². The SMILES string of the molecule is CC(=O)NC1(CNC(=S)Nc2ccccc2)CCCC1. The minimum absolute atomic E-state index is 0.0237. The zero-order valence-corrected chi connectivity index (χ0v) is 12.6. The molecular weight excluding hydrogens is 270 g/mol. The van der Waals surface area contributed by atoms with Gasteiger partial charge in [-0.05, 0) is 37.2 Å².